The van der Waals surface area contributed by atoms with Gasteiger partial charge in [-0.1, -0.05) is 19.1 Å². The van der Waals surface area contributed by atoms with Crippen LogP contribution in [0.25, 0.3) is 0 Å². The zero-order valence-electron chi connectivity index (χ0n) is 18.6. The highest BCUT2D eigenvalue weighted by molar-refractivity contribution is 5.92. The molecule has 174 valence electrons. The van der Waals surface area contributed by atoms with Crippen LogP contribution in [-0.4, -0.2) is 60.7 Å². The molecule has 10 heteroatoms. The van der Waals surface area contributed by atoms with E-state index in [1.807, 2.05) is 6.92 Å². The predicted octanol–water partition coefficient (Wildman–Crippen LogP) is -0.0819. The summed E-state index contributed by atoms with van der Waals surface area (Å²) in [7, 11) is 0. The number of amides is 2. The number of aromatic hydroxyl groups is 1. The average molecular weight is 439 g/mol. The molecular weight excluding hydrogens is 404 g/mol. The summed E-state index contributed by atoms with van der Waals surface area (Å²) < 4.78 is 0. The second kappa shape index (κ2) is 13.7. The van der Waals surface area contributed by atoms with Crippen molar-refractivity contribution < 1.29 is 29.3 Å². The van der Waals surface area contributed by atoms with Gasteiger partial charge in [0.2, 0.25) is 11.8 Å². The lowest BCUT2D eigenvalue weighted by atomic mass is 10.0. The Bertz CT molecular complexity index is 743. The molecule has 0 aliphatic carbocycles. The molecule has 1 rings (SSSR count). The van der Waals surface area contributed by atoms with Gasteiger partial charge in [0.25, 0.3) is 0 Å². The first-order valence-corrected chi connectivity index (χ1v) is 10.3. The summed E-state index contributed by atoms with van der Waals surface area (Å²) in [6.07, 6.45) is 0.815. The molecule has 0 unspecified atom stereocenters. The number of hydrogen-bond donors (Lipinski definition) is 5. The Balaban J connectivity index is 2.85. The summed E-state index contributed by atoms with van der Waals surface area (Å²) in [6, 6.07) is 2.78. The van der Waals surface area contributed by atoms with E-state index in [1.165, 1.54) is 6.92 Å². The van der Waals surface area contributed by atoms with Crippen molar-refractivity contribution in [3.8, 4) is 5.75 Å². The zero-order valence-corrected chi connectivity index (χ0v) is 18.6. The summed E-state index contributed by atoms with van der Waals surface area (Å²) >= 11 is 0. The van der Waals surface area contributed by atoms with Crippen molar-refractivity contribution in [1.82, 2.24) is 16.0 Å². The molecule has 3 atom stereocenters. The normalized spacial score (nSPS) is 13.8. The van der Waals surface area contributed by atoms with Crippen LogP contribution < -0.4 is 21.7 Å². The van der Waals surface area contributed by atoms with Crippen molar-refractivity contribution in [3.05, 3.63) is 29.3 Å². The number of nitrogens with two attached hydrogens (primary N) is 1. The molecule has 0 fully saturated rings. The number of carbonyl (C=O) groups is 3. The molecule has 0 aliphatic heterocycles. The van der Waals surface area contributed by atoms with Gasteiger partial charge < -0.3 is 21.5 Å². The molecule has 2 amide bonds. The molecule has 6 N–H and O–H groups in total. The third kappa shape index (κ3) is 9.43. The maximum absolute atomic E-state index is 12.8. The molecule has 0 spiro atoms. The fraction of sp³-hybridized carbons (Fsp3) is 0.571. The topological polar surface area (TPSA) is 152 Å². The minimum atomic E-state index is -0.915. The highest BCUT2D eigenvalue weighted by Gasteiger charge is 2.26. The average Bonchev–Trinajstić information content (AvgIpc) is 2.73. The van der Waals surface area contributed by atoms with Gasteiger partial charge in [-0.25, -0.2) is 9.78 Å². The Morgan fingerprint density at radius 2 is 1.81 bits per heavy atom. The van der Waals surface area contributed by atoms with Gasteiger partial charge in [-0.3, -0.25) is 19.7 Å². The lowest BCUT2D eigenvalue weighted by Crippen LogP contribution is -2.54. The van der Waals surface area contributed by atoms with E-state index in [0.29, 0.717) is 13.0 Å². The maximum atomic E-state index is 12.8. The van der Waals surface area contributed by atoms with Crippen molar-refractivity contribution in [2.45, 2.75) is 58.7 Å². The summed E-state index contributed by atoms with van der Waals surface area (Å²) in [5, 5.41) is 18.0. The van der Waals surface area contributed by atoms with Crippen molar-refractivity contribution in [3.63, 3.8) is 0 Å². The first-order chi connectivity index (χ1) is 14.7. The van der Waals surface area contributed by atoms with Crippen LogP contribution in [0, 0.1) is 0 Å². The Morgan fingerprint density at radius 1 is 1.10 bits per heavy atom. The van der Waals surface area contributed by atoms with Crippen molar-refractivity contribution in [1.29, 1.82) is 0 Å². The molecule has 1 aromatic carbocycles. The molecule has 0 aliphatic rings. The Hall–Kier alpha value is -2.53. The fourth-order valence-corrected chi connectivity index (χ4v) is 2.61. The number of phenols is 1. The Labute approximate surface area is 182 Å². The first kappa shape index (κ1) is 26.5. The number of aryl methyl sites for hydroxylation is 1. The van der Waals surface area contributed by atoms with E-state index in [9.17, 15) is 19.5 Å². The number of phenolic OH excluding ortho intramolecular Hbond substituents is 1. The van der Waals surface area contributed by atoms with E-state index >= 15 is 0 Å². The SMILES string of the molecule is CCc1cc(C[C@H](NC(=O)[C@H](C)NCOOCCN)C(=O)N[C@@H](C)C(C)=O)ccc1O. The highest BCUT2D eigenvalue weighted by Crippen LogP contribution is 2.20. The third-order valence-corrected chi connectivity index (χ3v) is 4.69. The summed E-state index contributed by atoms with van der Waals surface area (Å²) in [6.45, 7) is 6.98. The van der Waals surface area contributed by atoms with Crippen LogP contribution in [0.4, 0.5) is 0 Å². The number of Topliss-reactive ketones (excluding diaryl/α,β-unsaturated/α-hetero) is 1. The first-order valence-electron chi connectivity index (χ1n) is 10.3. The third-order valence-electron chi connectivity index (χ3n) is 4.69. The lowest BCUT2D eigenvalue weighted by molar-refractivity contribution is -0.297. The van der Waals surface area contributed by atoms with Gasteiger partial charge in [-0.2, -0.15) is 0 Å². The molecular formula is C21H34N4O6. The van der Waals surface area contributed by atoms with Crippen LogP contribution in [0.3, 0.4) is 0 Å². The van der Waals surface area contributed by atoms with Crippen LogP contribution >= 0.6 is 0 Å². The molecule has 0 aromatic heterocycles. The number of carbonyl (C=O) groups excluding carboxylic acids is 3. The molecule has 10 nitrogen and oxygen atoms in total. The minimum absolute atomic E-state index is 0.0371. The standard InChI is InChI=1S/C21H34N4O6/c1-5-17-10-16(6-7-19(17)27)11-18(21(29)24-13(2)15(4)26)25-20(28)14(3)23-12-31-30-9-8-22/h6-7,10,13-14,18,23,27H,5,8-9,11-12,22H2,1-4H3,(H,24,29)(H,25,28)/t13-,14-,18-/m0/s1. The summed E-state index contributed by atoms with van der Waals surface area (Å²) in [5.74, 6) is -0.915. The summed E-state index contributed by atoms with van der Waals surface area (Å²) in [4.78, 5) is 46.5. The van der Waals surface area contributed by atoms with Crippen LogP contribution in [0.5, 0.6) is 5.75 Å². The van der Waals surface area contributed by atoms with Gasteiger partial charge in [0.15, 0.2) is 5.78 Å². The highest BCUT2D eigenvalue weighted by atomic mass is 17.2. The predicted molar refractivity (Wildman–Crippen MR) is 115 cm³/mol. The van der Waals surface area contributed by atoms with Crippen molar-refractivity contribution >= 4 is 17.6 Å². The van der Waals surface area contributed by atoms with Gasteiger partial charge in [0.1, 0.15) is 18.5 Å². The van der Waals surface area contributed by atoms with E-state index in [1.54, 1.807) is 32.0 Å². The second-order valence-electron chi connectivity index (χ2n) is 7.22. The van der Waals surface area contributed by atoms with Gasteiger partial charge >= 0.3 is 0 Å². The number of hydrogen-bond acceptors (Lipinski definition) is 8. The van der Waals surface area contributed by atoms with Crippen LogP contribution in [0.15, 0.2) is 18.2 Å². The van der Waals surface area contributed by atoms with Crippen molar-refractivity contribution in [2.24, 2.45) is 5.73 Å². The lowest BCUT2D eigenvalue weighted by Gasteiger charge is -2.23. The molecule has 1 aromatic rings. The smallest absolute Gasteiger partial charge is 0.243 e. The zero-order chi connectivity index (χ0) is 23.4. The van der Waals surface area contributed by atoms with Crippen molar-refractivity contribution in [2.75, 3.05) is 19.9 Å². The van der Waals surface area contributed by atoms with Crippen LogP contribution in [-0.2, 0) is 37.0 Å². The maximum Gasteiger partial charge on any atom is 0.243 e. The van der Waals surface area contributed by atoms with Crippen LogP contribution in [0.2, 0.25) is 0 Å². The quantitative estimate of drug-likeness (QED) is 0.117. The van der Waals surface area contributed by atoms with E-state index < -0.39 is 29.9 Å². The molecule has 0 radical (unpaired) electrons. The van der Waals surface area contributed by atoms with E-state index in [2.05, 4.69) is 16.0 Å². The molecule has 0 saturated carbocycles. The number of benzene rings is 1. The van der Waals surface area contributed by atoms with E-state index in [4.69, 9.17) is 15.5 Å². The largest absolute Gasteiger partial charge is 0.508 e. The fourth-order valence-electron chi connectivity index (χ4n) is 2.61. The molecule has 0 heterocycles. The Kier molecular flexibility index (Phi) is 11.7. The summed E-state index contributed by atoms with van der Waals surface area (Å²) in [5.41, 5.74) is 6.79. The van der Waals surface area contributed by atoms with Crippen LogP contribution in [0.1, 0.15) is 38.8 Å². The minimum Gasteiger partial charge on any atom is -0.508 e. The van der Waals surface area contributed by atoms with E-state index in [-0.39, 0.29) is 31.3 Å². The van der Waals surface area contributed by atoms with Gasteiger partial charge in [-0.05, 0) is 44.4 Å². The monoisotopic (exact) mass is 438 g/mol. The Morgan fingerprint density at radius 3 is 2.42 bits per heavy atom. The van der Waals surface area contributed by atoms with Gasteiger partial charge in [0, 0.05) is 13.0 Å². The van der Waals surface area contributed by atoms with Gasteiger partial charge in [0.05, 0.1) is 18.7 Å². The number of rotatable bonds is 14. The molecule has 0 saturated heterocycles. The molecule has 31 heavy (non-hydrogen) atoms. The van der Waals surface area contributed by atoms with E-state index in [0.717, 1.165) is 11.1 Å². The molecule has 0 bridgehead atoms. The number of ketones is 1. The van der Waals surface area contributed by atoms with Gasteiger partial charge in [-0.15, -0.1) is 0 Å². The number of nitrogens with one attached hydrogen (secondary N) is 3. The second-order valence-corrected chi connectivity index (χ2v) is 7.22.